The molecule has 0 radical (unpaired) electrons. The Morgan fingerprint density at radius 3 is 2.46 bits per heavy atom. The van der Waals surface area contributed by atoms with Crippen LogP contribution in [0.5, 0.6) is 0 Å². The van der Waals surface area contributed by atoms with Crippen molar-refractivity contribution >= 4 is 41.7 Å². The van der Waals surface area contributed by atoms with E-state index in [2.05, 4.69) is 24.3 Å². The number of hydrogen-bond donors (Lipinski definition) is 1. The molecule has 1 aliphatic heterocycles. The molecule has 1 saturated heterocycles. The monoisotopic (exact) mass is 410 g/mol. The van der Waals surface area contributed by atoms with Crippen molar-refractivity contribution < 1.29 is 4.79 Å². The molecule has 0 saturated carbocycles. The molecule has 0 aliphatic carbocycles. The van der Waals surface area contributed by atoms with Crippen LogP contribution in [0.15, 0.2) is 54.6 Å². The van der Waals surface area contributed by atoms with Gasteiger partial charge in [-0.05, 0) is 35.7 Å². The van der Waals surface area contributed by atoms with Gasteiger partial charge in [0.1, 0.15) is 0 Å². The molecule has 0 unspecified atom stereocenters. The first kappa shape index (κ1) is 21.1. The smallest absolute Gasteiger partial charge is 0.232 e. The molecule has 0 bridgehead atoms. The van der Waals surface area contributed by atoms with Gasteiger partial charge in [-0.1, -0.05) is 54.1 Å². The van der Waals surface area contributed by atoms with E-state index < -0.39 is 0 Å². The minimum atomic E-state index is 0. The van der Waals surface area contributed by atoms with Gasteiger partial charge in [0.2, 0.25) is 5.91 Å². The zero-order chi connectivity index (χ0) is 17.6. The average molecular weight is 411 g/mol. The van der Waals surface area contributed by atoms with Crippen molar-refractivity contribution in [1.29, 1.82) is 0 Å². The van der Waals surface area contributed by atoms with Gasteiger partial charge in [-0.2, -0.15) is 0 Å². The van der Waals surface area contributed by atoms with Crippen molar-refractivity contribution in [3.05, 3.63) is 70.7 Å². The number of amides is 1. The fourth-order valence-electron chi connectivity index (χ4n) is 3.32. The molecule has 6 heteroatoms. The predicted molar refractivity (Wildman–Crippen MR) is 113 cm³/mol. The molecule has 0 spiro atoms. The highest BCUT2D eigenvalue weighted by Crippen LogP contribution is 2.32. The average Bonchev–Trinajstić information content (AvgIpc) is 3.08. The van der Waals surface area contributed by atoms with E-state index in [1.807, 2.05) is 35.2 Å². The molecule has 3 rings (SSSR count). The van der Waals surface area contributed by atoms with E-state index in [0.29, 0.717) is 24.1 Å². The lowest BCUT2D eigenvalue weighted by Crippen LogP contribution is -2.31. The summed E-state index contributed by atoms with van der Waals surface area (Å²) in [5.41, 5.74) is 8.42. The standard InChI is InChI=1S/C20H23ClN2OS.ClH/c21-18-8-6-15(7-9-18)13-25-14-20(24)23-11-17(10-22)19(12-23)16-4-2-1-3-5-16;/h1-9,17,19H,10-14,22H2;1H/t17-,19+;/m1./s1. The summed E-state index contributed by atoms with van der Waals surface area (Å²) < 4.78 is 0. The third-order valence-corrected chi connectivity index (χ3v) is 5.97. The third kappa shape index (κ3) is 5.40. The van der Waals surface area contributed by atoms with Crippen molar-refractivity contribution in [2.24, 2.45) is 11.7 Å². The summed E-state index contributed by atoms with van der Waals surface area (Å²) in [6, 6.07) is 18.2. The van der Waals surface area contributed by atoms with Crippen molar-refractivity contribution in [2.45, 2.75) is 11.7 Å². The minimum absolute atomic E-state index is 0. The molecule has 26 heavy (non-hydrogen) atoms. The fourth-order valence-corrected chi connectivity index (χ4v) is 4.33. The Balaban J connectivity index is 0.00000243. The largest absolute Gasteiger partial charge is 0.341 e. The van der Waals surface area contributed by atoms with Crippen LogP contribution in [0.1, 0.15) is 17.0 Å². The van der Waals surface area contributed by atoms with E-state index in [0.717, 1.165) is 23.9 Å². The first-order valence-electron chi connectivity index (χ1n) is 8.52. The first-order valence-corrected chi connectivity index (χ1v) is 10.1. The lowest BCUT2D eigenvalue weighted by atomic mass is 9.89. The molecule has 140 valence electrons. The third-order valence-electron chi connectivity index (χ3n) is 4.73. The van der Waals surface area contributed by atoms with E-state index >= 15 is 0 Å². The highest BCUT2D eigenvalue weighted by molar-refractivity contribution is 7.99. The van der Waals surface area contributed by atoms with Crippen LogP contribution >= 0.6 is 35.8 Å². The Morgan fingerprint density at radius 2 is 1.81 bits per heavy atom. The molecule has 1 amide bonds. The Morgan fingerprint density at radius 1 is 1.12 bits per heavy atom. The molecule has 1 aliphatic rings. The fraction of sp³-hybridized carbons (Fsp3) is 0.350. The number of nitrogens with two attached hydrogens (primary N) is 1. The number of nitrogens with zero attached hydrogens (tertiary/aromatic N) is 1. The van der Waals surface area contributed by atoms with E-state index in [-0.39, 0.29) is 18.3 Å². The Labute approximate surface area is 170 Å². The highest BCUT2D eigenvalue weighted by Gasteiger charge is 2.34. The summed E-state index contributed by atoms with van der Waals surface area (Å²) in [6.45, 7) is 2.14. The first-order chi connectivity index (χ1) is 12.2. The summed E-state index contributed by atoms with van der Waals surface area (Å²) in [5.74, 6) is 2.21. The van der Waals surface area contributed by atoms with E-state index in [4.69, 9.17) is 17.3 Å². The Hall–Kier alpha value is -1.20. The molecule has 0 aromatic heterocycles. The maximum atomic E-state index is 12.6. The highest BCUT2D eigenvalue weighted by atomic mass is 35.5. The zero-order valence-corrected chi connectivity index (χ0v) is 16.9. The van der Waals surface area contributed by atoms with Crippen LogP contribution < -0.4 is 5.73 Å². The van der Waals surface area contributed by atoms with Gasteiger partial charge in [0, 0.05) is 29.8 Å². The molecule has 3 nitrogen and oxygen atoms in total. The molecule has 1 heterocycles. The second-order valence-corrected chi connectivity index (χ2v) is 7.85. The Bertz CT molecular complexity index is 697. The summed E-state index contributed by atoms with van der Waals surface area (Å²) in [7, 11) is 0. The molecular formula is C20H24Cl2N2OS. The molecular weight excluding hydrogens is 387 g/mol. The lowest BCUT2D eigenvalue weighted by molar-refractivity contribution is -0.127. The molecule has 2 aromatic carbocycles. The van der Waals surface area contributed by atoms with Gasteiger partial charge >= 0.3 is 0 Å². The topological polar surface area (TPSA) is 46.3 Å². The Kier molecular flexibility index (Phi) is 8.29. The molecule has 1 fully saturated rings. The van der Waals surface area contributed by atoms with Gasteiger partial charge in [-0.25, -0.2) is 0 Å². The van der Waals surface area contributed by atoms with E-state index in [1.165, 1.54) is 11.1 Å². The van der Waals surface area contributed by atoms with Gasteiger partial charge in [0.25, 0.3) is 0 Å². The van der Waals surface area contributed by atoms with Crippen LogP contribution in [0.2, 0.25) is 5.02 Å². The number of likely N-dealkylation sites (tertiary alicyclic amines) is 1. The maximum absolute atomic E-state index is 12.6. The summed E-state index contributed by atoms with van der Waals surface area (Å²) >= 11 is 7.54. The number of hydrogen-bond acceptors (Lipinski definition) is 3. The van der Waals surface area contributed by atoms with Gasteiger partial charge in [0.05, 0.1) is 5.75 Å². The maximum Gasteiger partial charge on any atom is 0.232 e. The molecule has 2 atom stereocenters. The summed E-state index contributed by atoms with van der Waals surface area (Å²) in [6.07, 6.45) is 0. The van der Waals surface area contributed by atoms with Crippen molar-refractivity contribution in [2.75, 3.05) is 25.4 Å². The van der Waals surface area contributed by atoms with Crippen LogP contribution in [0, 0.1) is 5.92 Å². The number of carbonyl (C=O) groups excluding carboxylic acids is 1. The zero-order valence-electron chi connectivity index (χ0n) is 14.5. The van der Waals surface area contributed by atoms with Crippen LogP contribution in [0.25, 0.3) is 0 Å². The quantitative estimate of drug-likeness (QED) is 0.775. The lowest BCUT2D eigenvalue weighted by Gasteiger charge is -2.16. The molecule has 2 N–H and O–H groups in total. The molecule has 2 aromatic rings. The van der Waals surface area contributed by atoms with Crippen molar-refractivity contribution in [3.8, 4) is 0 Å². The number of thioether (sulfide) groups is 1. The van der Waals surface area contributed by atoms with Gasteiger partial charge < -0.3 is 10.6 Å². The second-order valence-electron chi connectivity index (χ2n) is 6.43. The van der Waals surface area contributed by atoms with Gasteiger partial charge in [0.15, 0.2) is 0 Å². The predicted octanol–water partition coefficient (Wildman–Crippen LogP) is 4.20. The van der Waals surface area contributed by atoms with Crippen molar-refractivity contribution in [3.63, 3.8) is 0 Å². The van der Waals surface area contributed by atoms with Crippen LogP contribution in [-0.2, 0) is 10.5 Å². The number of benzene rings is 2. The summed E-state index contributed by atoms with van der Waals surface area (Å²) in [4.78, 5) is 14.5. The van der Waals surface area contributed by atoms with Crippen LogP contribution in [0.4, 0.5) is 0 Å². The SMILES string of the molecule is Cl.NC[C@@H]1CN(C(=O)CSCc2ccc(Cl)cc2)C[C@H]1c1ccccc1. The van der Waals surface area contributed by atoms with Gasteiger partial charge in [-0.3, -0.25) is 4.79 Å². The van der Waals surface area contributed by atoms with Crippen LogP contribution in [-0.4, -0.2) is 36.2 Å². The van der Waals surface area contributed by atoms with Crippen molar-refractivity contribution in [1.82, 2.24) is 4.90 Å². The van der Waals surface area contributed by atoms with Gasteiger partial charge in [-0.15, -0.1) is 24.2 Å². The number of carbonyl (C=O) groups is 1. The van der Waals surface area contributed by atoms with E-state index in [9.17, 15) is 4.79 Å². The summed E-state index contributed by atoms with van der Waals surface area (Å²) in [5, 5.41) is 0.738. The number of rotatable bonds is 6. The van der Waals surface area contributed by atoms with Crippen LogP contribution in [0.3, 0.4) is 0 Å². The van der Waals surface area contributed by atoms with E-state index in [1.54, 1.807) is 11.8 Å². The normalized spacial score (nSPS) is 19.2. The number of halogens is 2. The minimum Gasteiger partial charge on any atom is -0.341 e. The second kappa shape index (κ2) is 10.2.